The molecular formula is C11H23N3O. The van der Waals surface area contributed by atoms with Gasteiger partial charge in [0.1, 0.15) is 0 Å². The van der Waals surface area contributed by atoms with Gasteiger partial charge in [-0.3, -0.25) is 4.79 Å². The summed E-state index contributed by atoms with van der Waals surface area (Å²) in [4.78, 5) is 15.3. The van der Waals surface area contributed by atoms with Crippen molar-refractivity contribution in [2.75, 3.05) is 47.3 Å². The van der Waals surface area contributed by atoms with Crippen LogP contribution in [-0.2, 0) is 4.79 Å². The molecule has 1 heterocycles. The van der Waals surface area contributed by atoms with Gasteiger partial charge in [0.25, 0.3) is 0 Å². The second kappa shape index (κ2) is 6.08. The third-order valence-electron chi connectivity index (χ3n) is 2.93. The summed E-state index contributed by atoms with van der Waals surface area (Å²) >= 11 is 0. The van der Waals surface area contributed by atoms with E-state index < -0.39 is 0 Å². The summed E-state index contributed by atoms with van der Waals surface area (Å²) in [7, 11) is 5.74. The molecule has 1 amide bonds. The highest BCUT2D eigenvalue weighted by Crippen LogP contribution is 2.13. The summed E-state index contributed by atoms with van der Waals surface area (Å²) in [6.07, 6.45) is 2.57. The first-order chi connectivity index (χ1) is 7.09. The number of hydrogen-bond acceptors (Lipinski definition) is 3. The highest BCUT2D eigenvalue weighted by atomic mass is 16.2. The van der Waals surface area contributed by atoms with Crippen LogP contribution in [0.5, 0.6) is 0 Å². The average Bonchev–Trinajstić information content (AvgIpc) is 2.17. The summed E-state index contributed by atoms with van der Waals surface area (Å²) in [5, 5.41) is 3.24. The minimum absolute atomic E-state index is 0.152. The first-order valence-corrected chi connectivity index (χ1v) is 5.69. The van der Waals surface area contributed by atoms with E-state index in [1.807, 2.05) is 0 Å². The van der Waals surface area contributed by atoms with E-state index in [9.17, 15) is 4.79 Å². The maximum Gasteiger partial charge on any atom is 0.236 e. The molecule has 1 saturated heterocycles. The zero-order valence-corrected chi connectivity index (χ0v) is 10.1. The first-order valence-electron chi connectivity index (χ1n) is 5.69. The molecule has 88 valence electrons. The van der Waals surface area contributed by atoms with Crippen LogP contribution >= 0.6 is 0 Å². The first kappa shape index (κ1) is 12.5. The molecule has 0 saturated carbocycles. The van der Waals surface area contributed by atoms with Crippen molar-refractivity contribution < 1.29 is 4.79 Å². The highest BCUT2D eigenvalue weighted by molar-refractivity contribution is 5.77. The molecule has 0 aromatic carbocycles. The number of likely N-dealkylation sites (N-methyl/N-ethyl adjacent to an activating group) is 1. The fourth-order valence-corrected chi connectivity index (χ4v) is 1.98. The molecule has 0 aromatic rings. The Morgan fingerprint density at radius 3 is 2.87 bits per heavy atom. The molecule has 0 aliphatic carbocycles. The number of nitrogens with zero attached hydrogens (tertiary/aromatic N) is 2. The summed E-state index contributed by atoms with van der Waals surface area (Å²) < 4.78 is 0. The van der Waals surface area contributed by atoms with E-state index in [1.54, 1.807) is 19.0 Å². The fraction of sp³-hybridized carbons (Fsp3) is 0.909. The van der Waals surface area contributed by atoms with Crippen LogP contribution < -0.4 is 5.32 Å². The fourth-order valence-electron chi connectivity index (χ4n) is 1.98. The maximum atomic E-state index is 11.3. The van der Waals surface area contributed by atoms with Crippen LogP contribution in [0.4, 0.5) is 0 Å². The lowest BCUT2D eigenvalue weighted by Crippen LogP contribution is -2.40. The van der Waals surface area contributed by atoms with E-state index in [0.29, 0.717) is 12.5 Å². The number of carbonyl (C=O) groups excluding carboxylic acids is 1. The van der Waals surface area contributed by atoms with Crippen molar-refractivity contribution in [3.8, 4) is 0 Å². The molecule has 0 spiro atoms. The van der Waals surface area contributed by atoms with Gasteiger partial charge in [0.15, 0.2) is 0 Å². The minimum atomic E-state index is 0.152. The van der Waals surface area contributed by atoms with Gasteiger partial charge in [0.2, 0.25) is 5.91 Å². The lowest BCUT2D eigenvalue weighted by molar-refractivity contribution is -0.127. The van der Waals surface area contributed by atoms with E-state index in [4.69, 9.17) is 0 Å². The van der Waals surface area contributed by atoms with E-state index in [0.717, 1.165) is 13.1 Å². The molecule has 0 bridgehead atoms. The van der Waals surface area contributed by atoms with Crippen molar-refractivity contribution in [2.45, 2.75) is 12.8 Å². The highest BCUT2D eigenvalue weighted by Gasteiger charge is 2.16. The normalized spacial score (nSPS) is 22.7. The van der Waals surface area contributed by atoms with Gasteiger partial charge in [0.05, 0.1) is 6.54 Å². The molecule has 1 aliphatic rings. The van der Waals surface area contributed by atoms with Crippen LogP contribution in [0.25, 0.3) is 0 Å². The standard InChI is InChI=1S/C11H23N3O/c1-13(2)11(15)8-12-7-10-5-4-6-14(3)9-10/h10,12H,4-9H2,1-3H3. The van der Waals surface area contributed by atoms with Crippen molar-refractivity contribution in [1.82, 2.24) is 15.1 Å². The molecule has 1 fully saturated rings. The SMILES string of the molecule is CN1CCCC(CNCC(=O)N(C)C)C1. The predicted molar refractivity (Wildman–Crippen MR) is 61.8 cm³/mol. The molecule has 15 heavy (non-hydrogen) atoms. The van der Waals surface area contributed by atoms with Crippen LogP contribution in [0.1, 0.15) is 12.8 Å². The van der Waals surface area contributed by atoms with Gasteiger partial charge in [-0.2, -0.15) is 0 Å². The van der Waals surface area contributed by atoms with E-state index >= 15 is 0 Å². The second-order valence-corrected chi connectivity index (χ2v) is 4.69. The Labute approximate surface area is 92.6 Å². The van der Waals surface area contributed by atoms with Gasteiger partial charge in [-0.25, -0.2) is 0 Å². The zero-order valence-electron chi connectivity index (χ0n) is 10.1. The van der Waals surface area contributed by atoms with Gasteiger partial charge < -0.3 is 15.1 Å². The van der Waals surface area contributed by atoms with Gasteiger partial charge >= 0.3 is 0 Å². The van der Waals surface area contributed by atoms with Crippen LogP contribution in [0.3, 0.4) is 0 Å². The topological polar surface area (TPSA) is 35.6 Å². The summed E-state index contributed by atoms with van der Waals surface area (Å²) in [5.41, 5.74) is 0. The third kappa shape index (κ3) is 4.62. The van der Waals surface area contributed by atoms with Crippen molar-refractivity contribution >= 4 is 5.91 Å². The van der Waals surface area contributed by atoms with Crippen molar-refractivity contribution in [1.29, 1.82) is 0 Å². The summed E-state index contributed by atoms with van der Waals surface area (Å²) in [6.45, 7) is 3.80. The Hall–Kier alpha value is -0.610. The number of hydrogen-bond donors (Lipinski definition) is 1. The monoisotopic (exact) mass is 213 g/mol. The number of rotatable bonds is 4. The average molecular weight is 213 g/mol. The van der Waals surface area contributed by atoms with Gasteiger partial charge in [-0.15, -0.1) is 0 Å². The molecule has 1 aliphatic heterocycles. The Balaban J connectivity index is 2.11. The van der Waals surface area contributed by atoms with E-state index in [2.05, 4.69) is 17.3 Å². The Morgan fingerprint density at radius 1 is 1.53 bits per heavy atom. The maximum absolute atomic E-state index is 11.3. The molecule has 0 aromatic heterocycles. The number of likely N-dealkylation sites (tertiary alicyclic amines) is 1. The van der Waals surface area contributed by atoms with Crippen LogP contribution in [0, 0.1) is 5.92 Å². The number of piperidine rings is 1. The van der Waals surface area contributed by atoms with Crippen LogP contribution in [0.2, 0.25) is 0 Å². The second-order valence-electron chi connectivity index (χ2n) is 4.69. The molecule has 1 atom stereocenters. The van der Waals surface area contributed by atoms with Crippen LogP contribution in [-0.4, -0.2) is 63.0 Å². The van der Waals surface area contributed by atoms with E-state index in [-0.39, 0.29) is 5.91 Å². The van der Waals surface area contributed by atoms with Crippen molar-refractivity contribution in [3.63, 3.8) is 0 Å². The smallest absolute Gasteiger partial charge is 0.236 e. The molecule has 0 radical (unpaired) electrons. The quantitative estimate of drug-likeness (QED) is 0.714. The Kier molecular flexibility index (Phi) is 5.05. The lowest BCUT2D eigenvalue weighted by atomic mass is 9.98. The van der Waals surface area contributed by atoms with Crippen molar-refractivity contribution in [3.05, 3.63) is 0 Å². The molecule has 4 nitrogen and oxygen atoms in total. The molecule has 1 unspecified atom stereocenters. The van der Waals surface area contributed by atoms with E-state index in [1.165, 1.54) is 19.4 Å². The van der Waals surface area contributed by atoms with Gasteiger partial charge in [0, 0.05) is 20.6 Å². The number of carbonyl (C=O) groups is 1. The molecular weight excluding hydrogens is 190 g/mol. The summed E-state index contributed by atoms with van der Waals surface area (Å²) in [5.74, 6) is 0.859. The van der Waals surface area contributed by atoms with Gasteiger partial charge in [-0.1, -0.05) is 0 Å². The van der Waals surface area contributed by atoms with Gasteiger partial charge in [-0.05, 0) is 38.9 Å². The lowest BCUT2D eigenvalue weighted by Gasteiger charge is -2.29. The number of amides is 1. The molecule has 1 N–H and O–H groups in total. The largest absolute Gasteiger partial charge is 0.348 e. The number of nitrogens with one attached hydrogen (secondary N) is 1. The minimum Gasteiger partial charge on any atom is -0.348 e. The van der Waals surface area contributed by atoms with Crippen LogP contribution in [0.15, 0.2) is 0 Å². The zero-order chi connectivity index (χ0) is 11.3. The molecule has 1 rings (SSSR count). The Morgan fingerprint density at radius 2 is 2.27 bits per heavy atom. The molecule has 4 heteroatoms. The van der Waals surface area contributed by atoms with Crippen molar-refractivity contribution in [2.24, 2.45) is 5.92 Å². The summed E-state index contributed by atoms with van der Waals surface area (Å²) in [6, 6.07) is 0. The Bertz CT molecular complexity index is 206. The third-order valence-corrected chi connectivity index (χ3v) is 2.93. The predicted octanol–water partition coefficient (Wildman–Crippen LogP) is 0.00600.